The minimum atomic E-state index is -1.07. The highest BCUT2D eigenvalue weighted by Crippen LogP contribution is 2.32. The summed E-state index contributed by atoms with van der Waals surface area (Å²) in [5.41, 5.74) is 1.43. The molecule has 0 aliphatic carbocycles. The number of nitrogens with one attached hydrogen (secondary N) is 1. The van der Waals surface area contributed by atoms with E-state index in [1.807, 2.05) is 20.8 Å². The first kappa shape index (κ1) is 24.8. The Hall–Kier alpha value is -4.33. The maximum absolute atomic E-state index is 13.8. The quantitative estimate of drug-likeness (QED) is 0.365. The van der Waals surface area contributed by atoms with Gasteiger partial charge in [-0.3, -0.25) is 19.5 Å². The second kappa shape index (κ2) is 10.1. The van der Waals surface area contributed by atoms with Crippen LogP contribution in [-0.2, 0) is 4.79 Å². The number of rotatable bonds is 6. The molecule has 1 unspecified atom stereocenters. The Balaban J connectivity index is 1.81. The van der Waals surface area contributed by atoms with Crippen molar-refractivity contribution in [3.05, 3.63) is 108 Å². The largest absolute Gasteiger partial charge is 0.459 e. The molecule has 0 saturated heterocycles. The molecule has 0 spiro atoms. The molecule has 0 bridgehead atoms. The van der Waals surface area contributed by atoms with Crippen LogP contribution in [0.5, 0.6) is 0 Å². The van der Waals surface area contributed by atoms with Crippen molar-refractivity contribution >= 4 is 17.5 Å². The summed E-state index contributed by atoms with van der Waals surface area (Å²) in [4.78, 5) is 32.7. The Morgan fingerprint density at radius 2 is 1.67 bits per heavy atom. The van der Waals surface area contributed by atoms with Crippen LogP contribution in [0.4, 0.5) is 14.5 Å². The van der Waals surface area contributed by atoms with Crippen LogP contribution < -0.4 is 10.2 Å². The average molecular weight is 490 g/mol. The van der Waals surface area contributed by atoms with Gasteiger partial charge in [0.25, 0.3) is 5.91 Å². The van der Waals surface area contributed by atoms with Gasteiger partial charge in [0, 0.05) is 29.2 Å². The van der Waals surface area contributed by atoms with Crippen molar-refractivity contribution in [1.29, 1.82) is 0 Å². The van der Waals surface area contributed by atoms with Crippen molar-refractivity contribution in [2.24, 2.45) is 0 Å². The van der Waals surface area contributed by atoms with Gasteiger partial charge in [-0.05, 0) is 74.4 Å². The SMILES string of the molecule is CC(C)(C)NC(=O)C(c1cccnc1)N(C(=O)c1ccco1)c1ccc(-c2ccc(F)c(F)c2)cc1. The average Bonchev–Trinajstić information content (AvgIpc) is 3.38. The molecule has 4 rings (SSSR count). The second-order valence-corrected chi connectivity index (χ2v) is 9.26. The van der Waals surface area contributed by atoms with E-state index < -0.39 is 35.0 Å². The zero-order valence-corrected chi connectivity index (χ0v) is 20.0. The molecule has 4 aromatic rings. The van der Waals surface area contributed by atoms with Crippen LogP contribution in [0.2, 0.25) is 0 Å². The molecule has 2 amide bonds. The molecule has 0 aliphatic rings. The van der Waals surface area contributed by atoms with Gasteiger partial charge in [-0.2, -0.15) is 0 Å². The molecular weight excluding hydrogens is 464 g/mol. The van der Waals surface area contributed by atoms with Gasteiger partial charge in [-0.25, -0.2) is 8.78 Å². The molecule has 0 radical (unpaired) electrons. The number of nitrogens with zero attached hydrogens (tertiary/aromatic N) is 2. The van der Waals surface area contributed by atoms with Crippen LogP contribution in [0.25, 0.3) is 11.1 Å². The summed E-state index contributed by atoms with van der Waals surface area (Å²) in [6.45, 7) is 5.54. The molecule has 1 atom stereocenters. The molecule has 6 nitrogen and oxygen atoms in total. The lowest BCUT2D eigenvalue weighted by molar-refractivity contribution is -0.123. The minimum Gasteiger partial charge on any atom is -0.459 e. The molecule has 2 aromatic carbocycles. The molecule has 8 heteroatoms. The first-order valence-corrected chi connectivity index (χ1v) is 11.3. The smallest absolute Gasteiger partial charge is 0.294 e. The summed E-state index contributed by atoms with van der Waals surface area (Å²) in [6.07, 6.45) is 4.49. The summed E-state index contributed by atoms with van der Waals surface area (Å²) in [5.74, 6) is -2.77. The van der Waals surface area contributed by atoms with Crippen LogP contribution in [0.15, 0.2) is 89.8 Å². The summed E-state index contributed by atoms with van der Waals surface area (Å²) < 4.78 is 32.5. The lowest BCUT2D eigenvalue weighted by Gasteiger charge is -2.33. The third kappa shape index (κ3) is 5.49. The number of carbonyl (C=O) groups is 2. The second-order valence-electron chi connectivity index (χ2n) is 9.26. The highest BCUT2D eigenvalue weighted by Gasteiger charge is 2.36. The maximum Gasteiger partial charge on any atom is 0.294 e. The number of hydrogen-bond donors (Lipinski definition) is 1. The molecule has 2 aromatic heterocycles. The summed E-state index contributed by atoms with van der Waals surface area (Å²) in [5, 5.41) is 2.95. The standard InChI is InChI=1S/C28H25F2N3O3/c1-28(2,3)32-26(34)25(20-6-4-14-31-17-20)33(27(35)24-7-5-15-36-24)21-11-8-18(9-12-21)19-10-13-22(29)23(30)16-19/h4-17,25H,1-3H3,(H,32,34). The number of amides is 2. The third-order valence-electron chi connectivity index (χ3n) is 5.35. The monoisotopic (exact) mass is 489 g/mol. The number of halogens is 2. The maximum atomic E-state index is 13.8. The van der Waals surface area contributed by atoms with Gasteiger partial charge < -0.3 is 9.73 Å². The first-order valence-electron chi connectivity index (χ1n) is 11.3. The van der Waals surface area contributed by atoms with Crippen molar-refractivity contribution in [2.45, 2.75) is 32.4 Å². The van der Waals surface area contributed by atoms with E-state index in [1.165, 1.54) is 29.5 Å². The normalized spacial score (nSPS) is 12.1. The lowest BCUT2D eigenvalue weighted by atomic mass is 10.0. The lowest BCUT2D eigenvalue weighted by Crippen LogP contribution is -2.49. The molecule has 184 valence electrons. The van der Waals surface area contributed by atoms with Crippen LogP contribution in [0, 0.1) is 11.6 Å². The molecule has 0 saturated carbocycles. The van der Waals surface area contributed by atoms with E-state index in [0.29, 0.717) is 22.4 Å². The molecular formula is C28H25F2N3O3. The van der Waals surface area contributed by atoms with Crippen molar-refractivity contribution < 1.29 is 22.8 Å². The van der Waals surface area contributed by atoms with Crippen LogP contribution in [0.3, 0.4) is 0 Å². The number of anilines is 1. The van der Waals surface area contributed by atoms with E-state index in [0.717, 1.165) is 12.1 Å². The zero-order chi connectivity index (χ0) is 25.9. The van der Waals surface area contributed by atoms with Gasteiger partial charge in [0.05, 0.1) is 6.26 Å². The van der Waals surface area contributed by atoms with Gasteiger partial charge in [0.15, 0.2) is 17.4 Å². The number of carbonyl (C=O) groups excluding carboxylic acids is 2. The molecule has 1 N–H and O–H groups in total. The third-order valence-corrected chi connectivity index (χ3v) is 5.35. The van der Waals surface area contributed by atoms with E-state index in [-0.39, 0.29) is 5.76 Å². The van der Waals surface area contributed by atoms with Gasteiger partial charge in [0.2, 0.25) is 5.91 Å². The highest BCUT2D eigenvalue weighted by atomic mass is 19.2. The van der Waals surface area contributed by atoms with Gasteiger partial charge in [-0.1, -0.05) is 24.3 Å². The highest BCUT2D eigenvalue weighted by molar-refractivity contribution is 6.08. The molecule has 2 heterocycles. The van der Waals surface area contributed by atoms with Crippen molar-refractivity contribution in [3.8, 4) is 11.1 Å². The first-order chi connectivity index (χ1) is 17.1. The Bertz CT molecular complexity index is 1350. The Kier molecular flexibility index (Phi) is 6.96. The van der Waals surface area contributed by atoms with Crippen LogP contribution >= 0.6 is 0 Å². The number of aromatic nitrogens is 1. The van der Waals surface area contributed by atoms with E-state index in [4.69, 9.17) is 4.42 Å². The number of furan rings is 1. The predicted octanol–water partition coefficient (Wildman–Crippen LogP) is 5.92. The number of pyridine rings is 1. The van der Waals surface area contributed by atoms with Gasteiger partial charge in [0.1, 0.15) is 6.04 Å². The molecule has 0 fully saturated rings. The Morgan fingerprint density at radius 3 is 2.25 bits per heavy atom. The molecule has 0 aliphatic heterocycles. The fourth-order valence-corrected chi connectivity index (χ4v) is 3.79. The Labute approximate surface area is 207 Å². The number of benzene rings is 2. The topological polar surface area (TPSA) is 75.4 Å². The van der Waals surface area contributed by atoms with E-state index >= 15 is 0 Å². The van der Waals surface area contributed by atoms with Gasteiger partial charge in [-0.15, -0.1) is 0 Å². The minimum absolute atomic E-state index is 0.0529. The van der Waals surface area contributed by atoms with E-state index in [2.05, 4.69) is 10.3 Å². The van der Waals surface area contributed by atoms with Gasteiger partial charge >= 0.3 is 0 Å². The van der Waals surface area contributed by atoms with Crippen LogP contribution in [0.1, 0.15) is 42.9 Å². The fourth-order valence-electron chi connectivity index (χ4n) is 3.79. The summed E-state index contributed by atoms with van der Waals surface area (Å²) >= 11 is 0. The summed E-state index contributed by atoms with van der Waals surface area (Å²) in [7, 11) is 0. The van der Waals surface area contributed by atoms with Crippen molar-refractivity contribution in [1.82, 2.24) is 10.3 Å². The fraction of sp³-hybridized carbons (Fsp3) is 0.179. The zero-order valence-electron chi connectivity index (χ0n) is 20.0. The van der Waals surface area contributed by atoms with Crippen molar-refractivity contribution in [2.75, 3.05) is 4.90 Å². The van der Waals surface area contributed by atoms with Crippen molar-refractivity contribution in [3.63, 3.8) is 0 Å². The van der Waals surface area contributed by atoms with E-state index in [1.54, 1.807) is 48.7 Å². The predicted molar refractivity (Wildman–Crippen MR) is 132 cm³/mol. The molecule has 36 heavy (non-hydrogen) atoms. The Morgan fingerprint density at radius 1 is 0.944 bits per heavy atom. The summed E-state index contributed by atoms with van der Waals surface area (Å²) in [6, 6.07) is 15.7. The van der Waals surface area contributed by atoms with Crippen LogP contribution in [-0.4, -0.2) is 22.3 Å². The van der Waals surface area contributed by atoms with E-state index in [9.17, 15) is 18.4 Å². The number of hydrogen-bond acceptors (Lipinski definition) is 4.